The molecule has 0 aromatic rings. The molecule has 2 unspecified atom stereocenters. The lowest BCUT2D eigenvalue weighted by molar-refractivity contribution is -0.160. The van der Waals surface area contributed by atoms with E-state index < -0.39 is 5.92 Å². The van der Waals surface area contributed by atoms with Gasteiger partial charge < -0.3 is 9.47 Å². The molecule has 2 atom stereocenters. The van der Waals surface area contributed by atoms with Crippen LogP contribution in [0.1, 0.15) is 59.8 Å². The zero-order valence-electron chi connectivity index (χ0n) is 12.7. The summed E-state index contributed by atoms with van der Waals surface area (Å²) in [5.41, 5.74) is 0. The van der Waals surface area contributed by atoms with Crippen LogP contribution in [0.25, 0.3) is 0 Å². The van der Waals surface area contributed by atoms with Crippen LogP contribution in [-0.4, -0.2) is 25.2 Å². The Labute approximate surface area is 116 Å². The number of unbranched alkanes of at least 4 members (excludes halogenated alkanes) is 1. The molecule has 0 saturated heterocycles. The van der Waals surface area contributed by atoms with Crippen molar-refractivity contribution in [2.75, 3.05) is 13.2 Å². The van der Waals surface area contributed by atoms with E-state index in [4.69, 9.17) is 9.47 Å². The Morgan fingerprint density at radius 3 is 1.89 bits per heavy atom. The SMILES string of the molecule is CCCCC(C(=O)OCCC)C(C)C(=O)OCCC. The molecule has 0 fully saturated rings. The molecule has 0 spiro atoms. The van der Waals surface area contributed by atoms with E-state index in [9.17, 15) is 9.59 Å². The lowest BCUT2D eigenvalue weighted by Gasteiger charge is -2.21. The lowest BCUT2D eigenvalue weighted by atomic mass is 9.89. The summed E-state index contributed by atoms with van der Waals surface area (Å²) in [5, 5.41) is 0. The van der Waals surface area contributed by atoms with Gasteiger partial charge in [0.25, 0.3) is 0 Å². The van der Waals surface area contributed by atoms with Crippen LogP contribution in [0.4, 0.5) is 0 Å². The molecule has 0 saturated carbocycles. The summed E-state index contributed by atoms with van der Waals surface area (Å²) in [6, 6.07) is 0. The molecule has 0 aliphatic rings. The fourth-order valence-corrected chi connectivity index (χ4v) is 1.80. The molecule has 0 N–H and O–H groups in total. The molecule has 0 aromatic carbocycles. The minimum atomic E-state index is -0.428. The van der Waals surface area contributed by atoms with Crippen LogP contribution in [0.5, 0.6) is 0 Å². The minimum absolute atomic E-state index is 0.267. The van der Waals surface area contributed by atoms with Crippen molar-refractivity contribution in [3.63, 3.8) is 0 Å². The van der Waals surface area contributed by atoms with Gasteiger partial charge in [0.2, 0.25) is 0 Å². The zero-order valence-corrected chi connectivity index (χ0v) is 12.7. The summed E-state index contributed by atoms with van der Waals surface area (Å²) >= 11 is 0. The topological polar surface area (TPSA) is 52.6 Å². The zero-order chi connectivity index (χ0) is 14.7. The Bertz CT molecular complexity index is 263. The Balaban J connectivity index is 4.52. The van der Waals surface area contributed by atoms with Gasteiger partial charge in [-0.15, -0.1) is 0 Å². The third kappa shape index (κ3) is 7.19. The molecule has 0 aliphatic heterocycles. The molecular weight excluding hydrogens is 244 g/mol. The molecule has 0 aromatic heterocycles. The number of ether oxygens (including phenoxy) is 2. The van der Waals surface area contributed by atoms with Gasteiger partial charge in [0.1, 0.15) is 0 Å². The van der Waals surface area contributed by atoms with E-state index in [0.29, 0.717) is 19.6 Å². The van der Waals surface area contributed by atoms with Crippen LogP contribution >= 0.6 is 0 Å². The molecule has 0 heterocycles. The van der Waals surface area contributed by atoms with Gasteiger partial charge in [-0.25, -0.2) is 0 Å². The Morgan fingerprint density at radius 2 is 1.42 bits per heavy atom. The maximum atomic E-state index is 12.0. The van der Waals surface area contributed by atoms with Crippen LogP contribution in [0.2, 0.25) is 0 Å². The van der Waals surface area contributed by atoms with Gasteiger partial charge in [-0.2, -0.15) is 0 Å². The van der Waals surface area contributed by atoms with Gasteiger partial charge in [0.05, 0.1) is 25.0 Å². The van der Waals surface area contributed by atoms with Gasteiger partial charge in [-0.05, 0) is 19.3 Å². The monoisotopic (exact) mass is 272 g/mol. The average molecular weight is 272 g/mol. The van der Waals surface area contributed by atoms with Crippen LogP contribution in [0.3, 0.4) is 0 Å². The fraction of sp³-hybridized carbons (Fsp3) is 0.867. The average Bonchev–Trinajstić information content (AvgIpc) is 2.42. The van der Waals surface area contributed by atoms with E-state index in [1.165, 1.54) is 0 Å². The van der Waals surface area contributed by atoms with Crippen molar-refractivity contribution in [3.8, 4) is 0 Å². The molecule has 4 heteroatoms. The first-order chi connectivity index (χ1) is 9.08. The Morgan fingerprint density at radius 1 is 0.895 bits per heavy atom. The van der Waals surface area contributed by atoms with Crippen LogP contribution in [0.15, 0.2) is 0 Å². The third-order valence-electron chi connectivity index (χ3n) is 3.04. The number of carbonyl (C=O) groups excluding carboxylic acids is 2. The maximum Gasteiger partial charge on any atom is 0.309 e. The molecular formula is C15H28O4. The number of rotatable bonds is 10. The molecule has 0 bridgehead atoms. The van der Waals surface area contributed by atoms with Crippen molar-refractivity contribution in [2.24, 2.45) is 11.8 Å². The highest BCUT2D eigenvalue weighted by Gasteiger charge is 2.31. The normalized spacial score (nSPS) is 13.7. The smallest absolute Gasteiger partial charge is 0.309 e. The van der Waals surface area contributed by atoms with Crippen molar-refractivity contribution in [3.05, 3.63) is 0 Å². The summed E-state index contributed by atoms with van der Waals surface area (Å²) in [6.07, 6.45) is 4.17. The highest BCUT2D eigenvalue weighted by molar-refractivity contribution is 5.81. The molecule has 0 amide bonds. The van der Waals surface area contributed by atoms with E-state index in [2.05, 4.69) is 6.92 Å². The van der Waals surface area contributed by atoms with Crippen LogP contribution < -0.4 is 0 Å². The van der Waals surface area contributed by atoms with Gasteiger partial charge in [-0.1, -0.05) is 40.5 Å². The van der Waals surface area contributed by atoms with Crippen molar-refractivity contribution in [2.45, 2.75) is 59.8 Å². The number of hydrogen-bond donors (Lipinski definition) is 0. The van der Waals surface area contributed by atoms with Crippen molar-refractivity contribution < 1.29 is 19.1 Å². The second-order valence-corrected chi connectivity index (χ2v) is 4.87. The van der Waals surface area contributed by atoms with Crippen molar-refractivity contribution >= 4 is 11.9 Å². The Kier molecular flexibility index (Phi) is 10.2. The minimum Gasteiger partial charge on any atom is -0.465 e. The van der Waals surface area contributed by atoms with E-state index in [-0.39, 0.29) is 17.9 Å². The maximum absolute atomic E-state index is 12.0. The number of esters is 2. The molecule has 0 aliphatic carbocycles. The summed E-state index contributed by atoms with van der Waals surface area (Å²) in [5.74, 6) is -1.37. The first kappa shape index (κ1) is 17.9. The van der Waals surface area contributed by atoms with Crippen molar-refractivity contribution in [1.82, 2.24) is 0 Å². The molecule has 0 rings (SSSR count). The second-order valence-electron chi connectivity index (χ2n) is 4.87. The van der Waals surface area contributed by atoms with Crippen molar-refractivity contribution in [1.29, 1.82) is 0 Å². The summed E-state index contributed by atoms with van der Waals surface area (Å²) in [6.45, 7) is 8.54. The molecule has 0 radical (unpaired) electrons. The van der Waals surface area contributed by atoms with Gasteiger partial charge in [0, 0.05) is 0 Å². The van der Waals surface area contributed by atoms with Crippen LogP contribution in [0, 0.1) is 11.8 Å². The summed E-state index contributed by atoms with van der Waals surface area (Å²) in [7, 11) is 0. The van der Waals surface area contributed by atoms with Crippen LogP contribution in [-0.2, 0) is 19.1 Å². The predicted octanol–water partition coefficient (Wildman–Crippen LogP) is 3.34. The van der Waals surface area contributed by atoms with E-state index in [1.54, 1.807) is 6.92 Å². The van der Waals surface area contributed by atoms with Gasteiger partial charge in [-0.3, -0.25) is 9.59 Å². The van der Waals surface area contributed by atoms with Gasteiger partial charge >= 0.3 is 11.9 Å². The second kappa shape index (κ2) is 10.8. The molecule has 112 valence electrons. The third-order valence-corrected chi connectivity index (χ3v) is 3.04. The highest BCUT2D eigenvalue weighted by atomic mass is 16.5. The fourth-order valence-electron chi connectivity index (χ4n) is 1.80. The lowest BCUT2D eigenvalue weighted by Crippen LogP contribution is -2.31. The quantitative estimate of drug-likeness (QED) is 0.572. The Hall–Kier alpha value is -1.06. The van der Waals surface area contributed by atoms with E-state index in [0.717, 1.165) is 25.7 Å². The number of carbonyl (C=O) groups is 2. The summed E-state index contributed by atoms with van der Waals surface area (Å²) < 4.78 is 10.3. The van der Waals surface area contributed by atoms with E-state index in [1.807, 2.05) is 13.8 Å². The predicted molar refractivity (Wildman–Crippen MR) is 74.7 cm³/mol. The molecule has 19 heavy (non-hydrogen) atoms. The summed E-state index contributed by atoms with van der Waals surface area (Å²) in [4.78, 5) is 23.9. The largest absolute Gasteiger partial charge is 0.465 e. The molecule has 4 nitrogen and oxygen atoms in total. The first-order valence-electron chi connectivity index (χ1n) is 7.41. The van der Waals surface area contributed by atoms with E-state index >= 15 is 0 Å². The first-order valence-corrected chi connectivity index (χ1v) is 7.41. The number of hydrogen-bond acceptors (Lipinski definition) is 4. The standard InChI is InChI=1S/C15H28O4/c1-5-8-9-13(15(17)19-11-7-3)12(4)14(16)18-10-6-2/h12-13H,5-11H2,1-4H3. The van der Waals surface area contributed by atoms with Gasteiger partial charge in [0.15, 0.2) is 0 Å². The highest BCUT2D eigenvalue weighted by Crippen LogP contribution is 2.22.